The minimum Gasteiger partial charge on any atom is -0.342 e. The summed E-state index contributed by atoms with van der Waals surface area (Å²) in [6, 6.07) is 0.426. The van der Waals surface area contributed by atoms with Gasteiger partial charge in [0.25, 0.3) is 0 Å². The zero-order valence-corrected chi connectivity index (χ0v) is 18.3. The number of nitrogens with one attached hydrogen (secondary N) is 1. The minimum atomic E-state index is -0.420. The van der Waals surface area contributed by atoms with E-state index in [1.165, 1.54) is 25.7 Å². The molecule has 2 amide bonds. The summed E-state index contributed by atoms with van der Waals surface area (Å²) in [6.07, 6.45) is 8.08. The first-order chi connectivity index (χ1) is 13.3. The summed E-state index contributed by atoms with van der Waals surface area (Å²) >= 11 is 1.65. The first-order valence-corrected chi connectivity index (χ1v) is 11.6. The number of hydrogen-bond donors (Lipinski definition) is 1. The van der Waals surface area contributed by atoms with Crippen molar-refractivity contribution in [2.75, 3.05) is 33.7 Å². The normalized spacial score (nSPS) is 37.3. The van der Waals surface area contributed by atoms with Crippen LogP contribution in [0.25, 0.3) is 0 Å². The number of nitrogens with zero attached hydrogens (tertiary/aromatic N) is 3. The van der Waals surface area contributed by atoms with E-state index in [0.717, 1.165) is 49.4 Å². The topological polar surface area (TPSA) is 65.0 Å². The molecule has 4 fully saturated rings. The Morgan fingerprint density at radius 3 is 2.61 bits per heavy atom. The number of likely N-dealkylation sites (N-methyl/N-ethyl adjacent to an activating group) is 1. The molecule has 0 aromatic carbocycles. The SMILES string of the molecule is CN(C)CC(=O)N1CCC(CC2(C)SC(=N[C@H]3C[C@@H]4CC[C@H]3C4)NC2=O)CC1. The van der Waals surface area contributed by atoms with Crippen molar-refractivity contribution in [3.05, 3.63) is 0 Å². The molecule has 2 aliphatic carbocycles. The summed E-state index contributed by atoms with van der Waals surface area (Å²) in [7, 11) is 3.86. The zero-order chi connectivity index (χ0) is 19.9. The lowest BCUT2D eigenvalue weighted by molar-refractivity contribution is -0.133. The van der Waals surface area contributed by atoms with Gasteiger partial charge in [-0.05, 0) is 77.3 Å². The van der Waals surface area contributed by atoms with Gasteiger partial charge in [-0.2, -0.15) is 0 Å². The highest BCUT2D eigenvalue weighted by Gasteiger charge is 2.46. The molecule has 0 aromatic heterocycles. The molecule has 1 N–H and O–H groups in total. The highest BCUT2D eigenvalue weighted by atomic mass is 32.2. The van der Waals surface area contributed by atoms with Gasteiger partial charge in [0.2, 0.25) is 11.8 Å². The number of rotatable bonds is 5. The predicted octanol–water partition coefficient (Wildman–Crippen LogP) is 2.34. The van der Waals surface area contributed by atoms with E-state index >= 15 is 0 Å². The molecule has 2 heterocycles. The van der Waals surface area contributed by atoms with Crippen molar-refractivity contribution in [2.45, 2.75) is 62.7 Å². The van der Waals surface area contributed by atoms with Gasteiger partial charge in [0.05, 0.1) is 17.3 Å². The number of thioether (sulfide) groups is 1. The van der Waals surface area contributed by atoms with Crippen molar-refractivity contribution < 1.29 is 9.59 Å². The molecule has 28 heavy (non-hydrogen) atoms. The van der Waals surface area contributed by atoms with E-state index in [1.54, 1.807) is 11.8 Å². The van der Waals surface area contributed by atoms with Gasteiger partial charge in [0.15, 0.2) is 5.17 Å². The van der Waals surface area contributed by atoms with E-state index in [-0.39, 0.29) is 11.8 Å². The summed E-state index contributed by atoms with van der Waals surface area (Å²) in [5.74, 6) is 2.43. The van der Waals surface area contributed by atoms with Crippen LogP contribution in [0.3, 0.4) is 0 Å². The second kappa shape index (κ2) is 7.98. The average Bonchev–Trinajstić information content (AvgIpc) is 3.30. The van der Waals surface area contributed by atoms with Crippen molar-refractivity contribution >= 4 is 28.7 Å². The molecule has 7 heteroatoms. The van der Waals surface area contributed by atoms with E-state index in [9.17, 15) is 9.59 Å². The molecule has 2 bridgehead atoms. The molecule has 0 aromatic rings. The van der Waals surface area contributed by atoms with Crippen LogP contribution in [0.5, 0.6) is 0 Å². The lowest BCUT2D eigenvalue weighted by Crippen LogP contribution is -2.44. The summed E-state index contributed by atoms with van der Waals surface area (Å²) in [5, 5.41) is 3.92. The van der Waals surface area contributed by atoms with Crippen LogP contribution in [0.1, 0.15) is 51.9 Å². The Morgan fingerprint density at radius 2 is 2.00 bits per heavy atom. The third-order valence-corrected chi connectivity index (χ3v) is 8.31. The molecular weight excluding hydrogens is 372 g/mol. The monoisotopic (exact) mass is 406 g/mol. The van der Waals surface area contributed by atoms with Crippen LogP contribution >= 0.6 is 11.8 Å². The molecular formula is C21H34N4O2S. The van der Waals surface area contributed by atoms with Gasteiger partial charge < -0.3 is 15.1 Å². The van der Waals surface area contributed by atoms with E-state index < -0.39 is 4.75 Å². The lowest BCUT2D eigenvalue weighted by atomic mass is 9.87. The lowest BCUT2D eigenvalue weighted by Gasteiger charge is -2.35. The zero-order valence-electron chi connectivity index (χ0n) is 17.4. The summed E-state index contributed by atoms with van der Waals surface area (Å²) in [4.78, 5) is 33.8. The van der Waals surface area contributed by atoms with E-state index in [4.69, 9.17) is 4.99 Å². The van der Waals surface area contributed by atoms with Crippen molar-refractivity contribution in [3.8, 4) is 0 Å². The third-order valence-electron chi connectivity index (χ3n) is 7.10. The van der Waals surface area contributed by atoms with Gasteiger partial charge in [0, 0.05) is 13.1 Å². The molecule has 4 atom stereocenters. The molecule has 2 saturated heterocycles. The molecule has 0 radical (unpaired) electrons. The Morgan fingerprint density at radius 1 is 1.25 bits per heavy atom. The first-order valence-electron chi connectivity index (χ1n) is 10.8. The number of hydrogen-bond acceptors (Lipinski definition) is 5. The fraction of sp³-hybridized carbons (Fsp3) is 0.857. The largest absolute Gasteiger partial charge is 0.342 e. The number of piperidine rings is 1. The molecule has 4 aliphatic rings. The maximum atomic E-state index is 12.7. The third kappa shape index (κ3) is 4.25. The first kappa shape index (κ1) is 20.2. The molecule has 6 nitrogen and oxygen atoms in total. The molecule has 2 saturated carbocycles. The standard InChI is InChI=1S/C21H34N4O2S/c1-21(12-14-6-8-25(9-7-14)18(26)13-24(2)3)19(27)23-20(28-21)22-17-11-15-4-5-16(17)10-15/h14-17H,4-13H2,1-3H3,(H,22,23,27)/t15-,16+,17+,21?/m1/s1. The van der Waals surface area contributed by atoms with Gasteiger partial charge >= 0.3 is 0 Å². The maximum absolute atomic E-state index is 12.7. The Bertz CT molecular complexity index is 659. The molecule has 1 unspecified atom stereocenters. The fourth-order valence-corrected chi connectivity index (χ4v) is 6.76. The Hall–Kier alpha value is -1.08. The van der Waals surface area contributed by atoms with Crippen molar-refractivity contribution in [2.24, 2.45) is 22.7 Å². The van der Waals surface area contributed by atoms with Crippen LogP contribution in [-0.4, -0.2) is 71.3 Å². The van der Waals surface area contributed by atoms with Crippen LogP contribution in [0.4, 0.5) is 0 Å². The Balaban J connectivity index is 1.30. The summed E-state index contributed by atoms with van der Waals surface area (Å²) in [6.45, 7) is 4.17. The molecule has 2 aliphatic heterocycles. The predicted molar refractivity (Wildman–Crippen MR) is 113 cm³/mol. The van der Waals surface area contributed by atoms with Crippen molar-refractivity contribution in [1.29, 1.82) is 0 Å². The fourth-order valence-electron chi connectivity index (χ4n) is 5.54. The number of fused-ring (bicyclic) bond motifs is 2. The number of amidine groups is 1. The van der Waals surface area contributed by atoms with Gasteiger partial charge in [-0.1, -0.05) is 18.2 Å². The average molecular weight is 407 g/mol. The molecule has 4 rings (SSSR count). The number of aliphatic imine (C=N–C) groups is 1. The van der Waals surface area contributed by atoms with Gasteiger partial charge in [0.1, 0.15) is 0 Å². The Kier molecular flexibility index (Phi) is 5.76. The van der Waals surface area contributed by atoms with Crippen LogP contribution in [0.2, 0.25) is 0 Å². The van der Waals surface area contributed by atoms with Crippen LogP contribution in [-0.2, 0) is 9.59 Å². The van der Waals surface area contributed by atoms with Crippen molar-refractivity contribution in [1.82, 2.24) is 15.1 Å². The van der Waals surface area contributed by atoms with Crippen LogP contribution < -0.4 is 5.32 Å². The van der Waals surface area contributed by atoms with Gasteiger partial charge in [-0.25, -0.2) is 0 Å². The highest BCUT2D eigenvalue weighted by Crippen LogP contribution is 2.47. The maximum Gasteiger partial charge on any atom is 0.242 e. The Labute approximate surface area is 172 Å². The van der Waals surface area contributed by atoms with Crippen LogP contribution in [0, 0.1) is 17.8 Å². The van der Waals surface area contributed by atoms with Crippen molar-refractivity contribution in [3.63, 3.8) is 0 Å². The van der Waals surface area contributed by atoms with E-state index in [2.05, 4.69) is 12.2 Å². The number of amides is 2. The van der Waals surface area contributed by atoms with Crippen LogP contribution in [0.15, 0.2) is 4.99 Å². The molecule has 156 valence electrons. The summed E-state index contributed by atoms with van der Waals surface area (Å²) in [5.41, 5.74) is 0. The van der Waals surface area contributed by atoms with Gasteiger partial charge in [-0.15, -0.1) is 0 Å². The molecule has 0 spiro atoms. The number of carbonyl (C=O) groups is 2. The second-order valence-corrected chi connectivity index (χ2v) is 11.2. The van der Waals surface area contributed by atoms with E-state index in [1.807, 2.05) is 23.9 Å². The van der Waals surface area contributed by atoms with Gasteiger partial charge in [-0.3, -0.25) is 14.6 Å². The summed E-state index contributed by atoms with van der Waals surface area (Å²) < 4.78 is -0.420. The number of carbonyl (C=O) groups excluding carboxylic acids is 2. The quantitative estimate of drug-likeness (QED) is 0.761. The number of likely N-dealkylation sites (tertiary alicyclic amines) is 1. The van der Waals surface area contributed by atoms with E-state index in [0.29, 0.717) is 18.5 Å². The highest BCUT2D eigenvalue weighted by molar-refractivity contribution is 8.16. The second-order valence-electron chi connectivity index (χ2n) is 9.73. The smallest absolute Gasteiger partial charge is 0.242 e. The minimum absolute atomic E-state index is 0.116.